The van der Waals surface area contributed by atoms with Crippen LogP contribution in [0.4, 0.5) is 8.78 Å². The molecule has 0 spiro atoms. The molecule has 3 nitrogen and oxygen atoms in total. The lowest BCUT2D eigenvalue weighted by molar-refractivity contribution is 0.278. The van der Waals surface area contributed by atoms with Crippen molar-refractivity contribution in [3.8, 4) is 11.8 Å². The summed E-state index contributed by atoms with van der Waals surface area (Å²) in [6.45, 7) is 6.15. The molecule has 1 atom stereocenters. The van der Waals surface area contributed by atoms with E-state index in [0.717, 1.165) is 12.1 Å². The fourth-order valence-electron chi connectivity index (χ4n) is 1.98. The molecule has 0 saturated heterocycles. The van der Waals surface area contributed by atoms with Crippen molar-refractivity contribution in [2.24, 2.45) is 0 Å². The van der Waals surface area contributed by atoms with Gasteiger partial charge in [-0.15, -0.1) is 0 Å². The van der Waals surface area contributed by atoms with Crippen LogP contribution in [0.25, 0.3) is 0 Å². The predicted octanol–water partition coefficient (Wildman–Crippen LogP) is 3.40. The molecule has 0 fully saturated rings. The normalized spacial score (nSPS) is 13.8. The molecule has 0 heterocycles. The number of nitrogens with zero attached hydrogens (tertiary/aromatic N) is 1. The number of halogens is 2. The van der Waals surface area contributed by atoms with Crippen LogP contribution < -0.4 is 10.1 Å². The van der Waals surface area contributed by atoms with E-state index in [1.165, 1.54) is 6.07 Å². The summed E-state index contributed by atoms with van der Waals surface area (Å²) < 4.78 is 31.0. The summed E-state index contributed by atoms with van der Waals surface area (Å²) >= 11 is 0. The maximum absolute atomic E-state index is 13.0. The lowest BCUT2D eigenvalue weighted by Crippen LogP contribution is -2.45. The second-order valence-corrected chi connectivity index (χ2v) is 5.27. The zero-order valence-corrected chi connectivity index (χ0v) is 12.0. The third kappa shape index (κ3) is 5.14. The van der Waals surface area contributed by atoms with E-state index in [-0.39, 0.29) is 6.04 Å². The number of rotatable bonds is 7. The Kier molecular flexibility index (Phi) is 5.90. The lowest BCUT2D eigenvalue weighted by Gasteiger charge is -2.25. The van der Waals surface area contributed by atoms with Crippen LogP contribution in [0.15, 0.2) is 18.2 Å². The van der Waals surface area contributed by atoms with Crippen molar-refractivity contribution in [2.45, 2.75) is 45.2 Å². The van der Waals surface area contributed by atoms with E-state index in [1.807, 2.05) is 20.8 Å². The smallest absolute Gasteiger partial charge is 0.162 e. The molecular weight excluding hydrogens is 262 g/mol. The summed E-state index contributed by atoms with van der Waals surface area (Å²) in [6, 6.07) is 5.90. The molecule has 1 aromatic rings. The summed E-state index contributed by atoms with van der Waals surface area (Å²) in [5.74, 6) is -1.53. The quantitative estimate of drug-likeness (QED) is 0.780. The highest BCUT2D eigenvalue weighted by Gasteiger charge is 2.23. The molecule has 1 rings (SSSR count). The van der Waals surface area contributed by atoms with Crippen molar-refractivity contribution in [2.75, 3.05) is 6.61 Å². The average Bonchev–Trinajstić information content (AvgIpc) is 2.38. The maximum Gasteiger partial charge on any atom is 0.162 e. The molecule has 1 aromatic carbocycles. The van der Waals surface area contributed by atoms with Crippen LogP contribution in [-0.4, -0.2) is 18.2 Å². The highest BCUT2D eigenvalue weighted by molar-refractivity contribution is 5.23. The second kappa shape index (κ2) is 7.20. The Morgan fingerprint density at radius 1 is 1.35 bits per heavy atom. The van der Waals surface area contributed by atoms with Crippen LogP contribution in [0.2, 0.25) is 0 Å². The van der Waals surface area contributed by atoms with Crippen LogP contribution in [-0.2, 0) is 0 Å². The number of benzene rings is 1. The molecular formula is C15H20F2N2O. The maximum atomic E-state index is 13.0. The minimum atomic E-state index is -0.925. The first-order valence-electron chi connectivity index (χ1n) is 6.63. The van der Waals surface area contributed by atoms with E-state index < -0.39 is 17.2 Å². The summed E-state index contributed by atoms with van der Waals surface area (Å²) in [6.07, 6.45) is 1.26. The van der Waals surface area contributed by atoms with Gasteiger partial charge in [0.2, 0.25) is 0 Å². The highest BCUT2D eigenvalue weighted by atomic mass is 19.2. The van der Waals surface area contributed by atoms with Gasteiger partial charge in [-0.1, -0.05) is 0 Å². The van der Waals surface area contributed by atoms with Gasteiger partial charge >= 0.3 is 0 Å². The van der Waals surface area contributed by atoms with Crippen LogP contribution in [0, 0.1) is 23.0 Å². The third-order valence-electron chi connectivity index (χ3n) is 2.83. The molecule has 1 N–H and O–H groups in total. The van der Waals surface area contributed by atoms with Gasteiger partial charge in [-0.2, -0.15) is 5.26 Å². The van der Waals surface area contributed by atoms with Gasteiger partial charge in [-0.05, 0) is 45.7 Å². The SMILES string of the molecule is CC(C)NC(C)(C#N)CCCOc1ccc(F)c(F)c1. The minimum Gasteiger partial charge on any atom is -0.493 e. The Morgan fingerprint density at radius 2 is 2.05 bits per heavy atom. The summed E-state index contributed by atoms with van der Waals surface area (Å²) in [4.78, 5) is 0. The molecule has 1 unspecified atom stereocenters. The molecule has 0 aromatic heterocycles. The Morgan fingerprint density at radius 3 is 2.60 bits per heavy atom. The third-order valence-corrected chi connectivity index (χ3v) is 2.83. The fourth-order valence-corrected chi connectivity index (χ4v) is 1.98. The van der Waals surface area contributed by atoms with Gasteiger partial charge < -0.3 is 4.74 Å². The minimum absolute atomic E-state index is 0.215. The molecule has 0 radical (unpaired) electrons. The number of ether oxygens (including phenoxy) is 1. The lowest BCUT2D eigenvalue weighted by atomic mass is 9.97. The largest absolute Gasteiger partial charge is 0.493 e. The zero-order valence-electron chi connectivity index (χ0n) is 12.0. The van der Waals surface area contributed by atoms with E-state index in [1.54, 1.807) is 0 Å². The molecule has 110 valence electrons. The first-order chi connectivity index (χ1) is 9.36. The molecule has 0 aliphatic heterocycles. The van der Waals surface area contributed by atoms with Crippen molar-refractivity contribution in [3.63, 3.8) is 0 Å². The van der Waals surface area contributed by atoms with Gasteiger partial charge in [-0.25, -0.2) is 8.78 Å². The fraction of sp³-hybridized carbons (Fsp3) is 0.533. The molecule has 0 aliphatic rings. The zero-order chi connectivity index (χ0) is 15.2. The van der Waals surface area contributed by atoms with Gasteiger partial charge in [0.1, 0.15) is 11.3 Å². The van der Waals surface area contributed by atoms with E-state index in [4.69, 9.17) is 4.74 Å². The molecule has 5 heteroatoms. The van der Waals surface area contributed by atoms with E-state index in [0.29, 0.717) is 25.2 Å². The van der Waals surface area contributed by atoms with E-state index in [2.05, 4.69) is 11.4 Å². The Labute approximate surface area is 118 Å². The highest BCUT2D eigenvalue weighted by Crippen LogP contribution is 2.17. The summed E-state index contributed by atoms with van der Waals surface area (Å²) in [7, 11) is 0. The number of nitriles is 1. The summed E-state index contributed by atoms with van der Waals surface area (Å²) in [5.41, 5.74) is -0.606. The summed E-state index contributed by atoms with van der Waals surface area (Å²) in [5, 5.41) is 12.4. The molecule has 20 heavy (non-hydrogen) atoms. The van der Waals surface area contributed by atoms with Crippen molar-refractivity contribution < 1.29 is 13.5 Å². The van der Waals surface area contributed by atoms with Crippen LogP contribution >= 0.6 is 0 Å². The van der Waals surface area contributed by atoms with Gasteiger partial charge in [0.15, 0.2) is 11.6 Å². The number of hydrogen-bond acceptors (Lipinski definition) is 3. The Hall–Kier alpha value is -1.67. The van der Waals surface area contributed by atoms with Crippen molar-refractivity contribution >= 4 is 0 Å². The Bertz CT molecular complexity index is 485. The van der Waals surface area contributed by atoms with Gasteiger partial charge in [0, 0.05) is 12.1 Å². The van der Waals surface area contributed by atoms with Crippen molar-refractivity contribution in [1.82, 2.24) is 5.32 Å². The van der Waals surface area contributed by atoms with E-state index in [9.17, 15) is 14.0 Å². The first-order valence-corrected chi connectivity index (χ1v) is 6.63. The van der Waals surface area contributed by atoms with Crippen LogP contribution in [0.3, 0.4) is 0 Å². The van der Waals surface area contributed by atoms with Gasteiger partial charge in [-0.3, -0.25) is 5.32 Å². The van der Waals surface area contributed by atoms with E-state index >= 15 is 0 Å². The first kappa shape index (κ1) is 16.4. The number of hydrogen-bond donors (Lipinski definition) is 1. The van der Waals surface area contributed by atoms with Crippen molar-refractivity contribution in [1.29, 1.82) is 5.26 Å². The predicted molar refractivity (Wildman–Crippen MR) is 73.4 cm³/mol. The standard InChI is InChI=1S/C15H20F2N2O/c1-11(2)19-15(3,10-18)7-4-8-20-12-5-6-13(16)14(17)9-12/h5-6,9,11,19H,4,7-8H2,1-3H3. The monoisotopic (exact) mass is 282 g/mol. The van der Waals surface area contributed by atoms with Crippen molar-refractivity contribution in [3.05, 3.63) is 29.8 Å². The molecule has 0 bridgehead atoms. The average molecular weight is 282 g/mol. The van der Waals surface area contributed by atoms with Crippen LogP contribution in [0.5, 0.6) is 5.75 Å². The second-order valence-electron chi connectivity index (χ2n) is 5.27. The molecule has 0 aliphatic carbocycles. The van der Waals surface area contributed by atoms with Gasteiger partial charge in [0.05, 0.1) is 12.7 Å². The van der Waals surface area contributed by atoms with Crippen LogP contribution in [0.1, 0.15) is 33.6 Å². The molecule has 0 saturated carbocycles. The Balaban J connectivity index is 2.41. The topological polar surface area (TPSA) is 45.0 Å². The number of nitrogens with one attached hydrogen (secondary N) is 1. The molecule has 0 amide bonds. The van der Waals surface area contributed by atoms with Gasteiger partial charge in [0.25, 0.3) is 0 Å².